The molecule has 372 valence electrons. The standard InChI is InChI=1S/C17H32N2O4S3.C15H18N2O10.C8H18N2S2/c1-24-11-7-18-16(20)5-9-22-13-23-10-6-17(21)19-8-12-26-15-4-3-14(15)25-2;18-10-1-2-11(19)16(10)26-14(22)5-7-24-9-25-8-6-15(23)27-17-12(20)3-4-13(17)21;9-3-5-11-7-1-2-8(7)12-6-4-10/h14-15H,3-13H2,1-2H3,(H,18,20)(H,19,21);1-9H2;7-8H,1-6,9-10H2. The Morgan fingerprint density at radius 1 is 0.538 bits per heavy atom. The SMILES string of the molecule is CSCCNC(=O)CCOCOCCC(=O)NCCSC1CCC1SC.NCCSC1CCC1SCCN.O=C(CCOCOCCC(=O)ON1C(=O)CCC1=O)ON1C(=O)CCC1=O. The van der Waals surface area contributed by atoms with Gasteiger partial charge >= 0.3 is 11.9 Å². The Balaban J connectivity index is 0.000000359. The Kier molecular flexibility index (Phi) is 33.2. The zero-order chi connectivity index (χ0) is 47.7. The molecule has 4 aliphatic rings. The summed E-state index contributed by atoms with van der Waals surface area (Å²) in [5.41, 5.74) is 10.9. The molecule has 25 heteroatoms. The summed E-state index contributed by atoms with van der Waals surface area (Å²) in [6.45, 7) is 3.38. The van der Waals surface area contributed by atoms with Gasteiger partial charge in [-0.2, -0.15) is 58.8 Å². The zero-order valence-corrected chi connectivity index (χ0v) is 41.6. The summed E-state index contributed by atoms with van der Waals surface area (Å²) >= 11 is 9.68. The summed E-state index contributed by atoms with van der Waals surface area (Å²) < 4.78 is 20.5. The van der Waals surface area contributed by atoms with E-state index in [0.29, 0.717) is 49.3 Å². The highest BCUT2D eigenvalue weighted by Gasteiger charge is 2.34. The highest BCUT2D eigenvalue weighted by atomic mass is 32.2. The predicted molar refractivity (Wildman–Crippen MR) is 253 cm³/mol. The maximum Gasteiger partial charge on any atom is 0.335 e. The molecule has 0 aromatic rings. The minimum Gasteiger partial charge on any atom is -0.355 e. The Morgan fingerprint density at radius 2 is 0.892 bits per heavy atom. The van der Waals surface area contributed by atoms with Crippen LogP contribution in [0.15, 0.2) is 0 Å². The third-order valence-corrected chi connectivity index (χ3v) is 16.0. The molecule has 4 atom stereocenters. The number of imide groups is 2. The van der Waals surface area contributed by atoms with Gasteiger partial charge in [-0.3, -0.25) is 28.8 Å². The van der Waals surface area contributed by atoms with E-state index in [4.69, 9.17) is 30.4 Å². The average Bonchev–Trinajstić information content (AvgIpc) is 3.76. The fraction of sp³-hybridized carbons (Fsp3) is 0.800. The largest absolute Gasteiger partial charge is 0.355 e. The molecule has 4 unspecified atom stereocenters. The summed E-state index contributed by atoms with van der Waals surface area (Å²) in [4.78, 5) is 100. The molecule has 2 aliphatic heterocycles. The van der Waals surface area contributed by atoms with E-state index in [-0.39, 0.29) is 77.1 Å². The lowest BCUT2D eigenvalue weighted by Crippen LogP contribution is -2.33. The molecule has 20 nitrogen and oxygen atoms in total. The van der Waals surface area contributed by atoms with Crippen molar-refractivity contribution in [1.29, 1.82) is 0 Å². The summed E-state index contributed by atoms with van der Waals surface area (Å²) in [5, 5.41) is 9.90. The van der Waals surface area contributed by atoms with Gasteiger partial charge in [0.15, 0.2) is 0 Å². The first-order valence-corrected chi connectivity index (χ1v) is 27.5. The van der Waals surface area contributed by atoms with Gasteiger partial charge in [0, 0.05) is 95.9 Å². The van der Waals surface area contributed by atoms with Crippen LogP contribution in [0.4, 0.5) is 0 Å². The second-order valence-electron chi connectivity index (χ2n) is 14.4. The molecule has 6 N–H and O–H groups in total. The molecule has 0 bridgehead atoms. The number of nitrogens with one attached hydrogen (secondary N) is 2. The molecule has 0 aromatic carbocycles. The molecule has 65 heavy (non-hydrogen) atoms. The first-order valence-electron chi connectivity index (χ1n) is 21.7. The fourth-order valence-corrected chi connectivity index (χ4v) is 11.2. The summed E-state index contributed by atoms with van der Waals surface area (Å²) in [6, 6.07) is 0. The Hall–Kier alpha value is -2.33. The molecule has 0 radical (unpaired) electrons. The van der Waals surface area contributed by atoms with E-state index in [1.165, 1.54) is 25.7 Å². The van der Waals surface area contributed by atoms with Gasteiger partial charge in [0.2, 0.25) is 11.8 Å². The van der Waals surface area contributed by atoms with Gasteiger partial charge in [0.25, 0.3) is 23.6 Å². The predicted octanol–water partition coefficient (Wildman–Crippen LogP) is 1.85. The van der Waals surface area contributed by atoms with Crippen molar-refractivity contribution in [2.75, 3.05) is 102 Å². The summed E-state index contributed by atoms with van der Waals surface area (Å²) in [7, 11) is 0. The van der Waals surface area contributed by atoms with Gasteiger partial charge in [-0.05, 0) is 38.2 Å². The van der Waals surface area contributed by atoms with Crippen LogP contribution in [0.5, 0.6) is 0 Å². The zero-order valence-electron chi connectivity index (χ0n) is 37.5. The van der Waals surface area contributed by atoms with E-state index >= 15 is 0 Å². The molecule has 4 fully saturated rings. The van der Waals surface area contributed by atoms with Crippen molar-refractivity contribution >= 4 is 106 Å². The molecule has 2 aliphatic carbocycles. The molecule has 2 saturated carbocycles. The molecule has 2 heterocycles. The number of amides is 6. The van der Waals surface area contributed by atoms with Crippen LogP contribution in [0.3, 0.4) is 0 Å². The van der Waals surface area contributed by atoms with Crippen LogP contribution < -0.4 is 22.1 Å². The van der Waals surface area contributed by atoms with Crippen molar-refractivity contribution in [3.05, 3.63) is 0 Å². The lowest BCUT2D eigenvalue weighted by atomic mass is 9.99. The van der Waals surface area contributed by atoms with Crippen molar-refractivity contribution in [3.8, 4) is 0 Å². The van der Waals surface area contributed by atoms with Gasteiger partial charge in [0.05, 0.1) is 52.1 Å². The van der Waals surface area contributed by atoms with E-state index in [1.807, 2.05) is 53.3 Å². The number of carbonyl (C=O) groups excluding carboxylic acids is 8. The molecule has 6 amide bonds. The first kappa shape index (κ1) is 58.8. The number of hydrogen-bond donors (Lipinski definition) is 4. The molecular formula is C40H68N6O14S5. The minimum absolute atomic E-state index is 0.00815. The van der Waals surface area contributed by atoms with E-state index < -0.39 is 35.6 Å². The Labute approximate surface area is 403 Å². The highest BCUT2D eigenvalue weighted by molar-refractivity contribution is 8.04. The first-order chi connectivity index (χ1) is 31.4. The number of carbonyl (C=O) groups is 8. The van der Waals surface area contributed by atoms with Crippen LogP contribution >= 0.6 is 58.8 Å². The maximum absolute atomic E-state index is 11.7. The second-order valence-corrected chi connectivity index (χ2v) is 20.5. The average molecular weight is 1020 g/mol. The summed E-state index contributed by atoms with van der Waals surface area (Å²) in [5.74, 6) is 0.230. The number of thioether (sulfide) groups is 5. The Morgan fingerprint density at radius 3 is 1.25 bits per heavy atom. The van der Waals surface area contributed by atoms with Crippen LogP contribution in [0, 0.1) is 0 Å². The lowest BCUT2D eigenvalue weighted by Gasteiger charge is -2.35. The van der Waals surface area contributed by atoms with E-state index in [1.54, 1.807) is 11.8 Å². The molecular weight excluding hydrogens is 949 g/mol. The topological polar surface area (TPSA) is 275 Å². The van der Waals surface area contributed by atoms with E-state index in [2.05, 4.69) is 26.6 Å². The third kappa shape index (κ3) is 26.1. The van der Waals surface area contributed by atoms with Crippen LogP contribution in [0.2, 0.25) is 0 Å². The van der Waals surface area contributed by atoms with Crippen molar-refractivity contribution in [2.45, 2.75) is 98.0 Å². The highest BCUT2D eigenvalue weighted by Crippen LogP contribution is 2.40. The number of rotatable bonds is 32. The van der Waals surface area contributed by atoms with Gasteiger partial charge in [-0.15, -0.1) is 10.1 Å². The maximum atomic E-state index is 11.7. The monoisotopic (exact) mass is 1020 g/mol. The number of nitrogens with two attached hydrogens (primary N) is 2. The quantitative estimate of drug-likeness (QED) is 0.0425. The van der Waals surface area contributed by atoms with E-state index in [9.17, 15) is 38.4 Å². The lowest BCUT2D eigenvalue weighted by molar-refractivity contribution is -0.199. The molecule has 0 aromatic heterocycles. The van der Waals surface area contributed by atoms with Crippen LogP contribution in [-0.2, 0) is 67.0 Å². The number of nitrogens with zero attached hydrogens (tertiary/aromatic N) is 2. The van der Waals surface area contributed by atoms with Gasteiger partial charge in [-0.1, -0.05) is 0 Å². The Bertz CT molecular complexity index is 1370. The van der Waals surface area contributed by atoms with Crippen LogP contribution in [0.1, 0.15) is 77.0 Å². The third-order valence-electron chi connectivity index (χ3n) is 9.47. The number of ether oxygens (including phenoxy) is 4. The van der Waals surface area contributed by atoms with E-state index in [0.717, 1.165) is 57.1 Å². The van der Waals surface area contributed by atoms with Gasteiger partial charge < -0.3 is 50.7 Å². The molecule has 2 saturated heterocycles. The van der Waals surface area contributed by atoms with Crippen LogP contribution in [0.25, 0.3) is 0 Å². The summed E-state index contributed by atoms with van der Waals surface area (Å²) in [6.07, 6.45) is 9.87. The van der Waals surface area contributed by atoms with Gasteiger partial charge in [-0.25, -0.2) is 9.59 Å². The van der Waals surface area contributed by atoms with Gasteiger partial charge in [0.1, 0.15) is 13.6 Å². The molecule has 4 rings (SSSR count). The normalized spacial score (nSPS) is 19.9. The number of hydrogen-bond acceptors (Lipinski definition) is 21. The van der Waals surface area contributed by atoms with Crippen molar-refractivity contribution in [3.63, 3.8) is 0 Å². The minimum atomic E-state index is -0.804. The van der Waals surface area contributed by atoms with Crippen molar-refractivity contribution in [2.24, 2.45) is 11.5 Å². The number of hydroxylamine groups is 4. The van der Waals surface area contributed by atoms with Crippen molar-refractivity contribution in [1.82, 2.24) is 20.8 Å². The second kappa shape index (κ2) is 36.7. The fourth-order valence-electron chi connectivity index (χ4n) is 5.63. The molecule has 0 spiro atoms. The van der Waals surface area contributed by atoms with Crippen molar-refractivity contribution < 1.29 is 67.0 Å². The van der Waals surface area contributed by atoms with Crippen LogP contribution in [-0.4, -0.2) is 180 Å². The smallest absolute Gasteiger partial charge is 0.335 e.